The molecule has 1 saturated heterocycles. The van der Waals surface area contributed by atoms with Gasteiger partial charge in [-0.15, -0.1) is 0 Å². The lowest BCUT2D eigenvalue weighted by molar-refractivity contribution is -0.116. The molecule has 0 radical (unpaired) electrons. The van der Waals surface area contributed by atoms with Gasteiger partial charge in [0.1, 0.15) is 0 Å². The summed E-state index contributed by atoms with van der Waals surface area (Å²) in [6.07, 6.45) is 0.439. The second-order valence-electron chi connectivity index (χ2n) is 5.05. The summed E-state index contributed by atoms with van der Waals surface area (Å²) in [7, 11) is 0. The molecule has 1 amide bonds. The fraction of sp³-hybridized carbons (Fsp3) is 0.500. The topological polar surface area (TPSA) is 44.4 Å². The van der Waals surface area contributed by atoms with E-state index in [1.54, 1.807) is 18.2 Å². The fourth-order valence-electron chi connectivity index (χ4n) is 2.29. The van der Waals surface area contributed by atoms with Gasteiger partial charge in [0.25, 0.3) is 0 Å². The quantitative estimate of drug-likeness (QED) is 0.897. The van der Waals surface area contributed by atoms with Gasteiger partial charge in [0, 0.05) is 38.6 Å². The maximum absolute atomic E-state index is 12.0. The molecule has 0 aliphatic carbocycles. The Morgan fingerprint density at radius 3 is 2.80 bits per heavy atom. The standard InChI is InChI=1S/C14H19Cl2N3O/c1-10-9-19(8-6-17-10)7-5-13(20)18-14-11(15)3-2-4-12(14)16/h2-4,10,17H,5-9H2,1H3,(H,18,20). The summed E-state index contributed by atoms with van der Waals surface area (Å²) in [5.74, 6) is -0.0637. The predicted octanol–water partition coefficient (Wildman–Crippen LogP) is 2.62. The number of piperazine rings is 1. The summed E-state index contributed by atoms with van der Waals surface area (Å²) in [5.41, 5.74) is 0.495. The molecule has 1 atom stereocenters. The van der Waals surface area contributed by atoms with Crippen LogP contribution in [-0.4, -0.2) is 43.0 Å². The molecule has 1 unspecified atom stereocenters. The summed E-state index contributed by atoms with van der Waals surface area (Å²) in [6.45, 7) is 5.82. The minimum absolute atomic E-state index is 0.0637. The molecule has 0 spiro atoms. The van der Waals surface area contributed by atoms with Gasteiger partial charge < -0.3 is 15.5 Å². The van der Waals surface area contributed by atoms with Crippen LogP contribution in [0.25, 0.3) is 0 Å². The summed E-state index contributed by atoms with van der Waals surface area (Å²) in [6, 6.07) is 5.65. The van der Waals surface area contributed by atoms with Crippen LogP contribution in [0, 0.1) is 0 Å². The number of hydrogen-bond acceptors (Lipinski definition) is 3. The van der Waals surface area contributed by atoms with E-state index in [0.29, 0.717) is 28.2 Å². The van der Waals surface area contributed by atoms with E-state index >= 15 is 0 Å². The Morgan fingerprint density at radius 2 is 2.15 bits per heavy atom. The maximum atomic E-state index is 12.0. The van der Waals surface area contributed by atoms with Gasteiger partial charge in [0.15, 0.2) is 0 Å². The third kappa shape index (κ3) is 4.35. The predicted molar refractivity (Wildman–Crippen MR) is 83.6 cm³/mol. The number of anilines is 1. The zero-order valence-electron chi connectivity index (χ0n) is 11.5. The van der Waals surface area contributed by atoms with E-state index in [-0.39, 0.29) is 5.91 Å². The average molecular weight is 316 g/mol. The molecule has 1 aliphatic rings. The molecular formula is C14H19Cl2N3O. The summed E-state index contributed by atoms with van der Waals surface area (Å²) >= 11 is 12.0. The number of nitrogens with one attached hydrogen (secondary N) is 2. The summed E-state index contributed by atoms with van der Waals surface area (Å²) in [4.78, 5) is 14.3. The highest BCUT2D eigenvalue weighted by molar-refractivity contribution is 6.39. The first-order chi connectivity index (χ1) is 9.56. The van der Waals surface area contributed by atoms with Crippen molar-refractivity contribution < 1.29 is 4.79 Å². The summed E-state index contributed by atoms with van der Waals surface area (Å²) < 4.78 is 0. The number of benzene rings is 1. The molecule has 0 bridgehead atoms. The molecule has 0 saturated carbocycles. The maximum Gasteiger partial charge on any atom is 0.225 e. The number of carbonyl (C=O) groups excluding carboxylic acids is 1. The second-order valence-corrected chi connectivity index (χ2v) is 5.87. The Bertz CT molecular complexity index is 461. The van der Waals surface area contributed by atoms with Crippen LogP contribution in [0.1, 0.15) is 13.3 Å². The molecule has 4 nitrogen and oxygen atoms in total. The SMILES string of the molecule is CC1CN(CCC(=O)Nc2c(Cl)cccc2Cl)CCN1. The fourth-order valence-corrected chi connectivity index (χ4v) is 2.79. The first-order valence-electron chi connectivity index (χ1n) is 6.76. The molecule has 1 aliphatic heterocycles. The highest BCUT2D eigenvalue weighted by Gasteiger charge is 2.16. The molecule has 2 rings (SSSR count). The Morgan fingerprint density at radius 1 is 1.45 bits per heavy atom. The lowest BCUT2D eigenvalue weighted by atomic mass is 10.2. The van der Waals surface area contributed by atoms with Crippen molar-refractivity contribution in [3.8, 4) is 0 Å². The van der Waals surface area contributed by atoms with E-state index in [9.17, 15) is 4.79 Å². The van der Waals surface area contributed by atoms with Crippen LogP contribution in [0.3, 0.4) is 0 Å². The second kappa shape index (κ2) is 7.27. The van der Waals surface area contributed by atoms with Gasteiger partial charge >= 0.3 is 0 Å². The van der Waals surface area contributed by atoms with Crippen LogP contribution < -0.4 is 10.6 Å². The van der Waals surface area contributed by atoms with Gasteiger partial charge in [0.05, 0.1) is 15.7 Å². The molecule has 110 valence electrons. The van der Waals surface area contributed by atoms with E-state index in [1.165, 1.54) is 0 Å². The van der Waals surface area contributed by atoms with Gasteiger partial charge in [-0.3, -0.25) is 4.79 Å². The van der Waals surface area contributed by atoms with Gasteiger partial charge in [-0.25, -0.2) is 0 Å². The highest BCUT2D eigenvalue weighted by atomic mass is 35.5. The van der Waals surface area contributed by atoms with Crippen molar-refractivity contribution in [2.75, 3.05) is 31.5 Å². The van der Waals surface area contributed by atoms with Crippen molar-refractivity contribution in [3.63, 3.8) is 0 Å². The normalized spacial score (nSPS) is 19.9. The van der Waals surface area contributed by atoms with Gasteiger partial charge in [-0.1, -0.05) is 29.3 Å². The number of amides is 1. The third-order valence-corrected chi connectivity index (χ3v) is 3.97. The van der Waals surface area contributed by atoms with E-state index in [0.717, 1.165) is 26.2 Å². The molecular weight excluding hydrogens is 297 g/mol. The van der Waals surface area contributed by atoms with Crippen molar-refractivity contribution >= 4 is 34.8 Å². The number of hydrogen-bond donors (Lipinski definition) is 2. The van der Waals surface area contributed by atoms with Crippen molar-refractivity contribution in [1.29, 1.82) is 0 Å². The minimum atomic E-state index is -0.0637. The molecule has 0 aromatic heterocycles. The minimum Gasteiger partial charge on any atom is -0.324 e. The first-order valence-corrected chi connectivity index (χ1v) is 7.51. The smallest absolute Gasteiger partial charge is 0.225 e. The average Bonchev–Trinajstić information content (AvgIpc) is 2.41. The number of para-hydroxylation sites is 1. The van der Waals surface area contributed by atoms with Crippen LogP contribution >= 0.6 is 23.2 Å². The van der Waals surface area contributed by atoms with Gasteiger partial charge in [-0.2, -0.15) is 0 Å². The largest absolute Gasteiger partial charge is 0.324 e. The lowest BCUT2D eigenvalue weighted by Crippen LogP contribution is -2.49. The zero-order chi connectivity index (χ0) is 14.5. The van der Waals surface area contributed by atoms with Crippen molar-refractivity contribution in [2.24, 2.45) is 0 Å². The molecule has 1 fully saturated rings. The van der Waals surface area contributed by atoms with Crippen LogP contribution in [0.5, 0.6) is 0 Å². The Hall–Kier alpha value is -0.810. The molecule has 2 N–H and O–H groups in total. The van der Waals surface area contributed by atoms with Gasteiger partial charge in [0.2, 0.25) is 5.91 Å². The molecule has 1 aromatic carbocycles. The number of nitrogens with zero attached hydrogens (tertiary/aromatic N) is 1. The van der Waals surface area contributed by atoms with E-state index < -0.39 is 0 Å². The molecule has 20 heavy (non-hydrogen) atoms. The third-order valence-electron chi connectivity index (χ3n) is 3.34. The monoisotopic (exact) mass is 315 g/mol. The van der Waals surface area contributed by atoms with Crippen LogP contribution in [0.2, 0.25) is 10.0 Å². The van der Waals surface area contributed by atoms with Crippen LogP contribution in [0.15, 0.2) is 18.2 Å². The van der Waals surface area contributed by atoms with E-state index in [2.05, 4.69) is 22.5 Å². The van der Waals surface area contributed by atoms with E-state index in [4.69, 9.17) is 23.2 Å². The van der Waals surface area contributed by atoms with Crippen molar-refractivity contribution in [1.82, 2.24) is 10.2 Å². The van der Waals surface area contributed by atoms with Crippen molar-refractivity contribution in [2.45, 2.75) is 19.4 Å². The van der Waals surface area contributed by atoms with Crippen LogP contribution in [-0.2, 0) is 4.79 Å². The first kappa shape index (κ1) is 15.6. The van der Waals surface area contributed by atoms with Gasteiger partial charge in [-0.05, 0) is 19.1 Å². The van der Waals surface area contributed by atoms with Crippen molar-refractivity contribution in [3.05, 3.63) is 28.2 Å². The zero-order valence-corrected chi connectivity index (χ0v) is 13.0. The summed E-state index contributed by atoms with van der Waals surface area (Å²) in [5, 5.41) is 7.08. The number of halogens is 2. The number of rotatable bonds is 4. The Labute approximate surface area is 129 Å². The molecule has 1 heterocycles. The molecule has 6 heteroatoms. The lowest BCUT2D eigenvalue weighted by Gasteiger charge is -2.31. The van der Waals surface area contributed by atoms with E-state index in [1.807, 2.05) is 0 Å². The highest BCUT2D eigenvalue weighted by Crippen LogP contribution is 2.29. The Kier molecular flexibility index (Phi) is 5.66. The molecule has 1 aromatic rings. The Balaban J connectivity index is 1.83. The van der Waals surface area contributed by atoms with Crippen LogP contribution in [0.4, 0.5) is 5.69 Å². The number of carbonyl (C=O) groups is 1.